The average molecular weight is 521 g/mol. The van der Waals surface area contributed by atoms with Crippen molar-refractivity contribution in [3.05, 3.63) is 64.5 Å². The summed E-state index contributed by atoms with van der Waals surface area (Å²) < 4.78 is 15.0. The number of amides is 4. The zero-order chi connectivity index (χ0) is 27.0. The van der Waals surface area contributed by atoms with E-state index in [0.29, 0.717) is 23.7 Å². The maximum absolute atomic E-state index is 15.0. The molecule has 0 aromatic heterocycles. The molecule has 0 spiro atoms. The minimum Gasteiger partial charge on any atom is -0.380 e. The Morgan fingerprint density at radius 2 is 1.79 bits per heavy atom. The number of carbonyl (C=O) groups is 4. The molecule has 3 heterocycles. The van der Waals surface area contributed by atoms with Gasteiger partial charge in [-0.1, -0.05) is 32.0 Å². The van der Waals surface area contributed by atoms with Crippen LogP contribution in [0.4, 0.5) is 10.1 Å². The van der Waals surface area contributed by atoms with Crippen LogP contribution < -0.4 is 10.6 Å². The van der Waals surface area contributed by atoms with Gasteiger partial charge in [0.1, 0.15) is 11.9 Å². The summed E-state index contributed by atoms with van der Waals surface area (Å²) in [6.07, 6.45) is 2.49. The van der Waals surface area contributed by atoms with Crippen LogP contribution in [0.25, 0.3) is 0 Å². The summed E-state index contributed by atoms with van der Waals surface area (Å²) >= 11 is 0. The first-order chi connectivity index (χ1) is 18.2. The second kappa shape index (κ2) is 10.6. The summed E-state index contributed by atoms with van der Waals surface area (Å²) in [5.41, 5.74) is 2.11. The molecule has 2 aromatic rings. The lowest BCUT2D eigenvalue weighted by Crippen LogP contribution is -2.54. The lowest BCUT2D eigenvalue weighted by atomic mass is 9.86. The van der Waals surface area contributed by atoms with E-state index in [0.717, 1.165) is 29.5 Å². The van der Waals surface area contributed by atoms with E-state index in [4.69, 9.17) is 0 Å². The van der Waals surface area contributed by atoms with Gasteiger partial charge in [-0.15, -0.1) is 0 Å². The number of halogens is 1. The number of carbonyl (C=O) groups excluding carboxylic acids is 4. The number of hydrogen-bond acceptors (Lipinski definition) is 6. The van der Waals surface area contributed by atoms with E-state index < -0.39 is 29.7 Å². The Balaban J connectivity index is 1.25. The van der Waals surface area contributed by atoms with Gasteiger partial charge in [0.15, 0.2) is 0 Å². The Kier molecular flexibility index (Phi) is 7.29. The number of imide groups is 2. The second-order valence-electron chi connectivity index (χ2n) is 10.8. The molecule has 2 saturated heterocycles. The molecule has 200 valence electrons. The van der Waals surface area contributed by atoms with Crippen molar-refractivity contribution in [1.29, 1.82) is 0 Å². The predicted octanol–water partition coefficient (Wildman–Crippen LogP) is 3.71. The molecule has 3 aliphatic rings. The molecule has 9 heteroatoms. The van der Waals surface area contributed by atoms with Crippen molar-refractivity contribution in [1.82, 2.24) is 15.1 Å². The predicted molar refractivity (Wildman–Crippen MR) is 140 cm³/mol. The highest BCUT2D eigenvalue weighted by molar-refractivity contribution is 6.25. The molecule has 1 atom stereocenters. The second-order valence-corrected chi connectivity index (χ2v) is 10.8. The van der Waals surface area contributed by atoms with Crippen molar-refractivity contribution >= 4 is 29.3 Å². The minimum atomic E-state index is -1.03. The molecule has 2 N–H and O–H groups in total. The van der Waals surface area contributed by atoms with Crippen LogP contribution in [0.3, 0.4) is 0 Å². The first kappa shape index (κ1) is 26.0. The zero-order valence-electron chi connectivity index (χ0n) is 21.8. The van der Waals surface area contributed by atoms with Crippen molar-refractivity contribution in [3.8, 4) is 0 Å². The number of rotatable bonds is 7. The van der Waals surface area contributed by atoms with Gasteiger partial charge in [-0.25, -0.2) is 4.39 Å². The normalized spacial score (nSPS) is 20.7. The van der Waals surface area contributed by atoms with Gasteiger partial charge < -0.3 is 5.32 Å². The number of piperidine rings is 2. The third-order valence-corrected chi connectivity index (χ3v) is 8.04. The molecule has 5 rings (SSSR count). The standard InChI is InChI=1S/C29H33FN4O4/c1-17(2)19-10-12-33(13-11-19)16-18-6-7-20(22(30)14-18)15-31-23-5-3-4-21-26(23)29(38)34(28(21)37)24-8-9-25(35)32-27(24)36/h3-7,14,17,19,24,31H,8-13,15-16H2,1-2H3,(H,32,35,36). The Morgan fingerprint density at radius 3 is 2.47 bits per heavy atom. The molecule has 0 aliphatic carbocycles. The smallest absolute Gasteiger partial charge is 0.264 e. The molecule has 38 heavy (non-hydrogen) atoms. The van der Waals surface area contributed by atoms with Crippen molar-refractivity contribution in [2.45, 2.75) is 58.7 Å². The van der Waals surface area contributed by atoms with Gasteiger partial charge in [-0.3, -0.25) is 34.3 Å². The van der Waals surface area contributed by atoms with Crippen LogP contribution in [0.5, 0.6) is 0 Å². The van der Waals surface area contributed by atoms with E-state index >= 15 is 4.39 Å². The lowest BCUT2D eigenvalue weighted by molar-refractivity contribution is -0.136. The number of hydrogen-bond donors (Lipinski definition) is 2. The van der Waals surface area contributed by atoms with E-state index in [2.05, 4.69) is 29.4 Å². The van der Waals surface area contributed by atoms with Gasteiger partial charge in [0.25, 0.3) is 11.8 Å². The number of nitrogens with zero attached hydrogens (tertiary/aromatic N) is 2. The molecule has 2 aromatic carbocycles. The fourth-order valence-electron chi connectivity index (χ4n) is 5.72. The van der Waals surface area contributed by atoms with Gasteiger partial charge in [-0.05, 0) is 68.0 Å². The lowest BCUT2D eigenvalue weighted by Gasteiger charge is -2.33. The maximum Gasteiger partial charge on any atom is 0.264 e. The summed E-state index contributed by atoms with van der Waals surface area (Å²) in [6, 6.07) is 9.06. The van der Waals surface area contributed by atoms with Crippen LogP contribution in [-0.4, -0.2) is 52.6 Å². The molecule has 0 saturated carbocycles. The topological polar surface area (TPSA) is 98.8 Å². The number of fused-ring (bicyclic) bond motifs is 1. The third kappa shape index (κ3) is 5.07. The number of benzene rings is 2. The molecule has 1 unspecified atom stereocenters. The SMILES string of the molecule is CC(C)C1CCN(Cc2ccc(CNc3cccc4c3C(=O)N(C3CCC(=O)NC3=O)C4=O)c(F)c2)CC1. The quantitative estimate of drug-likeness (QED) is 0.540. The Hall–Kier alpha value is -3.59. The van der Waals surface area contributed by atoms with Gasteiger partial charge in [-0.2, -0.15) is 0 Å². The molecule has 2 fully saturated rings. The first-order valence-corrected chi connectivity index (χ1v) is 13.3. The van der Waals surface area contributed by atoms with Crippen LogP contribution in [-0.2, 0) is 22.7 Å². The Bertz CT molecular complexity index is 1290. The van der Waals surface area contributed by atoms with Gasteiger partial charge >= 0.3 is 0 Å². The largest absolute Gasteiger partial charge is 0.380 e. The van der Waals surface area contributed by atoms with Crippen LogP contribution in [0.2, 0.25) is 0 Å². The van der Waals surface area contributed by atoms with Crippen LogP contribution >= 0.6 is 0 Å². The summed E-state index contributed by atoms with van der Waals surface area (Å²) in [6.45, 7) is 7.43. The molecule has 4 amide bonds. The fraction of sp³-hybridized carbons (Fsp3) is 0.448. The number of nitrogens with one attached hydrogen (secondary N) is 2. The van der Waals surface area contributed by atoms with Crippen molar-refractivity contribution < 1.29 is 23.6 Å². The highest BCUT2D eigenvalue weighted by Gasteiger charge is 2.45. The number of anilines is 1. The van der Waals surface area contributed by atoms with E-state index in [1.807, 2.05) is 6.07 Å². The summed E-state index contributed by atoms with van der Waals surface area (Å²) in [7, 11) is 0. The molecule has 0 radical (unpaired) electrons. The van der Waals surface area contributed by atoms with Gasteiger partial charge in [0, 0.05) is 30.8 Å². The summed E-state index contributed by atoms with van der Waals surface area (Å²) in [4.78, 5) is 53.4. The molecular formula is C29H33FN4O4. The zero-order valence-corrected chi connectivity index (χ0v) is 21.8. The Morgan fingerprint density at radius 1 is 1.03 bits per heavy atom. The van der Waals surface area contributed by atoms with Crippen LogP contribution in [0.1, 0.15) is 71.4 Å². The summed E-state index contributed by atoms with van der Waals surface area (Å²) in [5, 5.41) is 5.30. The van der Waals surface area contributed by atoms with Crippen molar-refractivity contribution in [3.63, 3.8) is 0 Å². The summed E-state index contributed by atoms with van der Waals surface area (Å²) in [5.74, 6) is -1.12. The van der Waals surface area contributed by atoms with E-state index in [1.165, 1.54) is 18.9 Å². The van der Waals surface area contributed by atoms with E-state index in [9.17, 15) is 19.2 Å². The van der Waals surface area contributed by atoms with E-state index in [1.54, 1.807) is 24.3 Å². The molecule has 0 bridgehead atoms. The van der Waals surface area contributed by atoms with Gasteiger partial charge in [0.2, 0.25) is 11.8 Å². The van der Waals surface area contributed by atoms with Crippen molar-refractivity contribution in [2.75, 3.05) is 18.4 Å². The van der Waals surface area contributed by atoms with Crippen LogP contribution in [0.15, 0.2) is 36.4 Å². The molecule has 3 aliphatic heterocycles. The van der Waals surface area contributed by atoms with Crippen molar-refractivity contribution in [2.24, 2.45) is 11.8 Å². The maximum atomic E-state index is 15.0. The monoisotopic (exact) mass is 520 g/mol. The highest BCUT2D eigenvalue weighted by Crippen LogP contribution is 2.33. The van der Waals surface area contributed by atoms with Gasteiger partial charge in [0.05, 0.1) is 11.1 Å². The first-order valence-electron chi connectivity index (χ1n) is 13.3. The highest BCUT2D eigenvalue weighted by atomic mass is 19.1. The number of likely N-dealkylation sites (tertiary alicyclic amines) is 1. The molecule has 8 nitrogen and oxygen atoms in total. The minimum absolute atomic E-state index is 0.0560. The Labute approximate surface area is 221 Å². The average Bonchev–Trinajstić information content (AvgIpc) is 3.14. The van der Waals surface area contributed by atoms with Crippen LogP contribution in [0, 0.1) is 17.7 Å². The molecular weight excluding hydrogens is 487 g/mol. The fourth-order valence-corrected chi connectivity index (χ4v) is 5.72. The van der Waals surface area contributed by atoms with E-state index in [-0.39, 0.29) is 36.3 Å². The third-order valence-electron chi connectivity index (χ3n) is 8.04.